The van der Waals surface area contributed by atoms with Crippen LogP contribution in [0, 0.1) is 0 Å². The molecule has 7 heteroatoms. The van der Waals surface area contributed by atoms with E-state index in [4.69, 9.17) is 11.6 Å². The minimum absolute atomic E-state index is 0.141. The lowest BCUT2D eigenvalue weighted by Crippen LogP contribution is -2.36. The van der Waals surface area contributed by atoms with E-state index in [1.807, 2.05) is 18.2 Å². The third-order valence-corrected chi connectivity index (χ3v) is 3.49. The SMILES string of the molecule is O=C(Nc1ccc(Cl)cn1)C1=NN(c2ccccc2)C(=O)CC1. The van der Waals surface area contributed by atoms with Crippen LogP contribution in [0.25, 0.3) is 0 Å². The molecule has 2 aromatic rings. The number of para-hydroxylation sites is 1. The molecule has 2 amide bonds. The molecule has 1 aliphatic rings. The zero-order valence-electron chi connectivity index (χ0n) is 12.1. The predicted octanol–water partition coefficient (Wildman–Crippen LogP) is 2.86. The number of aromatic nitrogens is 1. The van der Waals surface area contributed by atoms with E-state index in [0.717, 1.165) is 0 Å². The number of carbonyl (C=O) groups excluding carboxylic acids is 2. The number of benzene rings is 1. The van der Waals surface area contributed by atoms with Crippen molar-refractivity contribution >= 4 is 40.6 Å². The maximum Gasteiger partial charge on any atom is 0.273 e. The summed E-state index contributed by atoms with van der Waals surface area (Å²) in [6, 6.07) is 12.2. The molecule has 0 fully saturated rings. The monoisotopic (exact) mass is 328 g/mol. The first-order valence-corrected chi connectivity index (χ1v) is 7.39. The number of halogens is 1. The van der Waals surface area contributed by atoms with E-state index in [9.17, 15) is 9.59 Å². The van der Waals surface area contributed by atoms with Crippen molar-refractivity contribution in [3.05, 3.63) is 53.7 Å². The summed E-state index contributed by atoms with van der Waals surface area (Å²) in [7, 11) is 0. The summed E-state index contributed by atoms with van der Waals surface area (Å²) >= 11 is 5.76. The minimum atomic E-state index is -0.381. The van der Waals surface area contributed by atoms with Gasteiger partial charge in [0.15, 0.2) is 0 Å². The van der Waals surface area contributed by atoms with Gasteiger partial charge in [0.1, 0.15) is 11.5 Å². The van der Waals surface area contributed by atoms with Gasteiger partial charge < -0.3 is 5.32 Å². The van der Waals surface area contributed by atoms with Crippen molar-refractivity contribution in [1.82, 2.24) is 4.98 Å². The number of hydrogen-bond donors (Lipinski definition) is 1. The Morgan fingerprint density at radius 2 is 1.91 bits per heavy atom. The number of hydrazone groups is 1. The molecule has 0 spiro atoms. The Balaban J connectivity index is 1.80. The van der Waals surface area contributed by atoms with Crippen molar-refractivity contribution in [2.24, 2.45) is 5.10 Å². The number of nitrogens with one attached hydrogen (secondary N) is 1. The molecule has 0 saturated carbocycles. The molecule has 0 unspecified atom stereocenters. The van der Waals surface area contributed by atoms with Gasteiger partial charge >= 0.3 is 0 Å². The van der Waals surface area contributed by atoms with E-state index in [0.29, 0.717) is 22.9 Å². The first kappa shape index (κ1) is 15.2. The molecule has 1 N–H and O–H groups in total. The van der Waals surface area contributed by atoms with E-state index in [2.05, 4.69) is 15.4 Å². The highest BCUT2D eigenvalue weighted by atomic mass is 35.5. The van der Waals surface area contributed by atoms with Gasteiger partial charge in [-0.3, -0.25) is 9.59 Å². The lowest BCUT2D eigenvalue weighted by atomic mass is 10.1. The Labute approximate surface area is 137 Å². The fourth-order valence-electron chi connectivity index (χ4n) is 2.13. The Morgan fingerprint density at radius 3 is 2.61 bits per heavy atom. The first-order valence-electron chi connectivity index (χ1n) is 7.02. The van der Waals surface area contributed by atoms with Gasteiger partial charge in [0.05, 0.1) is 10.7 Å². The number of rotatable bonds is 3. The highest BCUT2D eigenvalue weighted by molar-refractivity contribution is 6.44. The van der Waals surface area contributed by atoms with Gasteiger partial charge in [-0.15, -0.1) is 0 Å². The fourth-order valence-corrected chi connectivity index (χ4v) is 2.24. The third-order valence-electron chi connectivity index (χ3n) is 3.26. The van der Waals surface area contributed by atoms with E-state index < -0.39 is 0 Å². The Bertz CT molecular complexity index is 759. The smallest absolute Gasteiger partial charge is 0.273 e. The molecule has 0 saturated heterocycles. The molecule has 2 heterocycles. The highest BCUT2D eigenvalue weighted by Gasteiger charge is 2.25. The second-order valence-corrected chi connectivity index (χ2v) is 5.34. The van der Waals surface area contributed by atoms with Crippen molar-refractivity contribution in [2.45, 2.75) is 12.8 Å². The number of amides is 2. The predicted molar refractivity (Wildman–Crippen MR) is 88.5 cm³/mol. The van der Waals surface area contributed by atoms with Crippen LogP contribution >= 0.6 is 11.6 Å². The van der Waals surface area contributed by atoms with Gasteiger partial charge in [-0.1, -0.05) is 29.8 Å². The van der Waals surface area contributed by atoms with E-state index in [1.165, 1.54) is 11.2 Å². The summed E-state index contributed by atoms with van der Waals surface area (Å²) in [5, 5.41) is 8.57. The topological polar surface area (TPSA) is 74.7 Å². The maximum atomic E-state index is 12.3. The summed E-state index contributed by atoms with van der Waals surface area (Å²) < 4.78 is 0. The molecular formula is C16H13ClN4O2. The average molecular weight is 329 g/mol. The van der Waals surface area contributed by atoms with Crippen molar-refractivity contribution in [3.63, 3.8) is 0 Å². The zero-order chi connectivity index (χ0) is 16.2. The first-order chi connectivity index (χ1) is 11.1. The van der Waals surface area contributed by atoms with Crippen LogP contribution in [-0.4, -0.2) is 22.5 Å². The fraction of sp³-hybridized carbons (Fsp3) is 0.125. The van der Waals surface area contributed by atoms with Gasteiger partial charge in [-0.05, 0) is 24.3 Å². The molecule has 1 aromatic heterocycles. The summed E-state index contributed by atoms with van der Waals surface area (Å²) in [5.41, 5.74) is 0.914. The number of pyridine rings is 1. The zero-order valence-corrected chi connectivity index (χ0v) is 12.8. The van der Waals surface area contributed by atoms with Gasteiger partial charge in [0, 0.05) is 19.0 Å². The van der Waals surface area contributed by atoms with E-state index in [-0.39, 0.29) is 23.9 Å². The van der Waals surface area contributed by atoms with Gasteiger partial charge in [-0.2, -0.15) is 5.10 Å². The summed E-state index contributed by atoms with van der Waals surface area (Å²) in [6.07, 6.45) is 1.97. The van der Waals surface area contributed by atoms with Crippen molar-refractivity contribution in [1.29, 1.82) is 0 Å². The second kappa shape index (κ2) is 6.58. The van der Waals surface area contributed by atoms with Crippen molar-refractivity contribution < 1.29 is 9.59 Å². The van der Waals surface area contributed by atoms with Crippen LogP contribution in [0.3, 0.4) is 0 Å². The van der Waals surface area contributed by atoms with Crippen molar-refractivity contribution in [3.8, 4) is 0 Å². The molecule has 6 nitrogen and oxygen atoms in total. The Morgan fingerprint density at radius 1 is 1.13 bits per heavy atom. The number of nitrogens with zero attached hydrogens (tertiary/aromatic N) is 3. The molecular weight excluding hydrogens is 316 g/mol. The van der Waals surface area contributed by atoms with Crippen LogP contribution in [0.5, 0.6) is 0 Å². The Hall–Kier alpha value is -2.73. The van der Waals surface area contributed by atoms with Crippen LogP contribution in [0.1, 0.15) is 12.8 Å². The lowest BCUT2D eigenvalue weighted by molar-refractivity contribution is -0.118. The van der Waals surface area contributed by atoms with Gasteiger partial charge in [-0.25, -0.2) is 9.99 Å². The van der Waals surface area contributed by atoms with Gasteiger partial charge in [0.2, 0.25) is 5.91 Å². The summed E-state index contributed by atoms with van der Waals surface area (Å²) in [4.78, 5) is 28.3. The molecule has 3 rings (SSSR count). The highest BCUT2D eigenvalue weighted by Crippen LogP contribution is 2.20. The molecule has 0 bridgehead atoms. The van der Waals surface area contributed by atoms with Crippen LogP contribution in [0.15, 0.2) is 53.8 Å². The van der Waals surface area contributed by atoms with Crippen LogP contribution < -0.4 is 10.3 Å². The minimum Gasteiger partial charge on any atom is -0.305 e. The maximum absolute atomic E-state index is 12.3. The normalized spacial score (nSPS) is 14.4. The quantitative estimate of drug-likeness (QED) is 0.941. The molecule has 0 atom stereocenters. The Kier molecular flexibility index (Phi) is 4.34. The molecule has 1 aromatic carbocycles. The third kappa shape index (κ3) is 3.54. The number of anilines is 2. The van der Waals surface area contributed by atoms with Crippen LogP contribution in [0.4, 0.5) is 11.5 Å². The lowest BCUT2D eigenvalue weighted by Gasteiger charge is -2.23. The number of carbonyl (C=O) groups is 2. The molecule has 116 valence electrons. The van der Waals surface area contributed by atoms with Crippen LogP contribution in [0.2, 0.25) is 5.02 Å². The van der Waals surface area contributed by atoms with Crippen LogP contribution in [-0.2, 0) is 9.59 Å². The van der Waals surface area contributed by atoms with Crippen molar-refractivity contribution in [2.75, 3.05) is 10.3 Å². The number of hydrogen-bond acceptors (Lipinski definition) is 4. The van der Waals surface area contributed by atoms with Gasteiger partial charge in [0.25, 0.3) is 5.91 Å². The largest absolute Gasteiger partial charge is 0.305 e. The average Bonchev–Trinajstić information content (AvgIpc) is 2.58. The summed E-state index contributed by atoms with van der Waals surface area (Å²) in [5.74, 6) is -0.143. The molecule has 0 aliphatic carbocycles. The second-order valence-electron chi connectivity index (χ2n) is 4.90. The molecule has 23 heavy (non-hydrogen) atoms. The standard InChI is InChI=1S/C16H13ClN4O2/c17-11-6-8-14(18-10-11)19-16(23)13-7-9-15(22)21(20-13)12-4-2-1-3-5-12/h1-6,8,10H,7,9H2,(H,18,19,23). The molecule has 1 aliphatic heterocycles. The summed E-state index contributed by atoms with van der Waals surface area (Å²) in [6.45, 7) is 0. The van der Waals surface area contributed by atoms with E-state index >= 15 is 0 Å². The van der Waals surface area contributed by atoms with E-state index in [1.54, 1.807) is 24.3 Å². The molecule has 0 radical (unpaired) electrons.